The lowest BCUT2D eigenvalue weighted by Crippen LogP contribution is -2.00. The highest BCUT2D eigenvalue weighted by Gasteiger charge is 2.10. The van der Waals surface area contributed by atoms with Crippen LogP contribution in [0.25, 0.3) is 11.5 Å². The number of carbonyl (C=O) groups excluding carboxylic acids is 1. The molecule has 0 spiro atoms. The average molecular weight is 398 g/mol. The maximum absolute atomic E-state index is 11.5. The number of nitrogens with zero attached hydrogens (tertiary/aromatic N) is 2. The van der Waals surface area contributed by atoms with Gasteiger partial charge >= 0.3 is 5.97 Å². The Morgan fingerprint density at radius 3 is 2.57 bits per heavy atom. The first kappa shape index (κ1) is 19.9. The molecule has 0 N–H and O–H groups in total. The minimum absolute atomic E-state index is 0.372. The summed E-state index contributed by atoms with van der Waals surface area (Å²) < 4.78 is 16.1. The van der Waals surface area contributed by atoms with Crippen molar-refractivity contribution >= 4 is 17.7 Å². The van der Waals surface area contributed by atoms with Gasteiger partial charge in [-0.25, -0.2) is 4.79 Å². The standard InChI is InChI=1S/C21H22N2O4S/c1-25-21(24)17-11-9-16(10-12-17)20-23-22-19(27-20)15-28-14-6-5-13-26-18-7-3-2-4-8-18/h2-4,7-12H,5-6,13-15H2,1H3. The van der Waals surface area contributed by atoms with Gasteiger partial charge in [-0.1, -0.05) is 18.2 Å². The molecular formula is C21H22N2O4S. The number of thioether (sulfide) groups is 1. The van der Waals surface area contributed by atoms with Gasteiger partial charge in [0.2, 0.25) is 11.8 Å². The number of ether oxygens (including phenoxy) is 2. The number of hydrogen-bond donors (Lipinski definition) is 0. The number of esters is 1. The fourth-order valence-corrected chi connectivity index (χ4v) is 3.31. The Morgan fingerprint density at radius 2 is 1.82 bits per heavy atom. The van der Waals surface area contributed by atoms with Crippen molar-refractivity contribution in [3.05, 3.63) is 66.1 Å². The molecule has 0 atom stereocenters. The van der Waals surface area contributed by atoms with E-state index in [1.165, 1.54) is 7.11 Å². The molecule has 0 fully saturated rings. The van der Waals surface area contributed by atoms with Crippen LogP contribution in [0.3, 0.4) is 0 Å². The number of methoxy groups -OCH3 is 1. The molecule has 28 heavy (non-hydrogen) atoms. The summed E-state index contributed by atoms with van der Waals surface area (Å²) in [7, 11) is 1.36. The summed E-state index contributed by atoms with van der Waals surface area (Å²) in [4.78, 5) is 11.5. The van der Waals surface area contributed by atoms with Gasteiger partial charge in [-0.3, -0.25) is 0 Å². The molecule has 0 saturated heterocycles. The number of benzene rings is 2. The van der Waals surface area contributed by atoms with E-state index in [2.05, 4.69) is 14.9 Å². The van der Waals surface area contributed by atoms with Crippen LogP contribution in [-0.2, 0) is 10.5 Å². The molecule has 6 nitrogen and oxygen atoms in total. The average Bonchev–Trinajstić information content (AvgIpc) is 3.22. The quantitative estimate of drug-likeness (QED) is 0.364. The third-order valence-electron chi connectivity index (χ3n) is 3.94. The Balaban J connectivity index is 1.36. The van der Waals surface area contributed by atoms with Crippen molar-refractivity contribution in [1.29, 1.82) is 0 Å². The minimum Gasteiger partial charge on any atom is -0.494 e. The molecule has 2 aromatic carbocycles. The molecule has 3 aromatic rings. The van der Waals surface area contributed by atoms with Crippen LogP contribution in [0.4, 0.5) is 0 Å². The van der Waals surface area contributed by atoms with Gasteiger partial charge in [-0.15, -0.1) is 10.2 Å². The number of aromatic nitrogens is 2. The van der Waals surface area contributed by atoms with Crippen LogP contribution in [0.5, 0.6) is 5.75 Å². The van der Waals surface area contributed by atoms with Crippen LogP contribution < -0.4 is 4.74 Å². The number of rotatable bonds is 10. The van der Waals surface area contributed by atoms with Gasteiger partial charge in [-0.2, -0.15) is 11.8 Å². The largest absolute Gasteiger partial charge is 0.494 e. The molecule has 1 aromatic heterocycles. The normalized spacial score (nSPS) is 10.6. The van der Waals surface area contributed by atoms with E-state index >= 15 is 0 Å². The monoisotopic (exact) mass is 398 g/mol. The summed E-state index contributed by atoms with van der Waals surface area (Å²) in [5.74, 6) is 3.26. The highest BCUT2D eigenvalue weighted by Crippen LogP contribution is 2.21. The molecule has 7 heteroatoms. The van der Waals surface area contributed by atoms with Crippen molar-refractivity contribution in [3.8, 4) is 17.2 Å². The zero-order valence-electron chi connectivity index (χ0n) is 15.7. The molecule has 146 valence electrons. The molecule has 0 aliphatic heterocycles. The van der Waals surface area contributed by atoms with Crippen molar-refractivity contribution in [3.63, 3.8) is 0 Å². The summed E-state index contributed by atoms with van der Waals surface area (Å²) in [5, 5.41) is 8.16. The predicted molar refractivity (Wildman–Crippen MR) is 108 cm³/mol. The molecule has 0 bridgehead atoms. The third kappa shape index (κ3) is 5.85. The topological polar surface area (TPSA) is 74.5 Å². The van der Waals surface area contributed by atoms with Crippen LogP contribution >= 0.6 is 11.8 Å². The Hall–Kier alpha value is -2.80. The van der Waals surface area contributed by atoms with Crippen molar-refractivity contribution in [1.82, 2.24) is 10.2 Å². The molecule has 0 aliphatic carbocycles. The highest BCUT2D eigenvalue weighted by atomic mass is 32.2. The Kier molecular flexibility index (Phi) is 7.49. The van der Waals surface area contributed by atoms with Crippen LogP contribution in [0, 0.1) is 0 Å². The molecule has 1 heterocycles. The lowest BCUT2D eigenvalue weighted by atomic mass is 10.1. The summed E-state index contributed by atoms with van der Waals surface area (Å²) in [6.45, 7) is 0.719. The molecule has 0 saturated carbocycles. The SMILES string of the molecule is COC(=O)c1ccc(-c2nnc(CSCCCCOc3ccccc3)o2)cc1. The zero-order chi connectivity index (χ0) is 19.6. The van der Waals surface area contributed by atoms with E-state index < -0.39 is 0 Å². The van der Waals surface area contributed by atoms with Crippen LogP contribution in [-0.4, -0.2) is 35.6 Å². The summed E-state index contributed by atoms with van der Waals surface area (Å²) in [6.07, 6.45) is 2.07. The second-order valence-electron chi connectivity index (χ2n) is 5.99. The lowest BCUT2D eigenvalue weighted by molar-refractivity contribution is 0.0600. The van der Waals surface area contributed by atoms with Crippen molar-refractivity contribution < 1.29 is 18.7 Å². The van der Waals surface area contributed by atoms with E-state index in [1.807, 2.05) is 30.3 Å². The molecule has 0 aliphatic rings. The van der Waals surface area contributed by atoms with Crippen molar-refractivity contribution in [2.45, 2.75) is 18.6 Å². The van der Waals surface area contributed by atoms with Gasteiger partial charge in [0.05, 0.1) is 25.0 Å². The summed E-state index contributed by atoms with van der Waals surface area (Å²) in [5.41, 5.74) is 1.26. The van der Waals surface area contributed by atoms with Gasteiger partial charge < -0.3 is 13.9 Å². The fourth-order valence-electron chi connectivity index (χ4n) is 2.47. The molecule has 3 rings (SSSR count). The van der Waals surface area contributed by atoms with E-state index in [9.17, 15) is 4.79 Å². The Bertz CT molecular complexity index is 866. The molecule has 0 amide bonds. The second-order valence-corrected chi connectivity index (χ2v) is 7.10. The van der Waals surface area contributed by atoms with Gasteiger partial charge in [0.25, 0.3) is 0 Å². The van der Waals surface area contributed by atoms with Crippen LogP contribution in [0.15, 0.2) is 59.0 Å². The van der Waals surface area contributed by atoms with Gasteiger partial charge in [0.1, 0.15) is 5.75 Å². The number of unbranched alkanes of at least 4 members (excludes halogenated alkanes) is 1. The summed E-state index contributed by atoms with van der Waals surface area (Å²) >= 11 is 1.76. The highest BCUT2D eigenvalue weighted by molar-refractivity contribution is 7.98. The molecule has 0 unspecified atom stereocenters. The summed E-state index contributed by atoms with van der Waals surface area (Å²) in [6, 6.07) is 16.7. The number of hydrogen-bond acceptors (Lipinski definition) is 7. The third-order valence-corrected chi connectivity index (χ3v) is 4.97. The lowest BCUT2D eigenvalue weighted by Gasteiger charge is -2.05. The van der Waals surface area contributed by atoms with Crippen LogP contribution in [0.1, 0.15) is 29.1 Å². The van der Waals surface area contributed by atoms with Gasteiger partial charge in [0, 0.05) is 5.56 Å². The number of carbonyl (C=O) groups is 1. The minimum atomic E-state index is -0.372. The molecule has 0 radical (unpaired) electrons. The fraction of sp³-hybridized carbons (Fsp3) is 0.286. The van der Waals surface area contributed by atoms with E-state index in [-0.39, 0.29) is 5.97 Å². The maximum atomic E-state index is 11.5. The Labute approximate surface area is 168 Å². The van der Waals surface area contributed by atoms with E-state index in [4.69, 9.17) is 9.15 Å². The van der Waals surface area contributed by atoms with E-state index in [0.29, 0.717) is 23.1 Å². The maximum Gasteiger partial charge on any atom is 0.337 e. The van der Waals surface area contributed by atoms with Gasteiger partial charge in [0.15, 0.2) is 0 Å². The van der Waals surface area contributed by atoms with Gasteiger partial charge in [-0.05, 0) is 55.0 Å². The first-order valence-electron chi connectivity index (χ1n) is 9.03. The smallest absolute Gasteiger partial charge is 0.337 e. The van der Waals surface area contributed by atoms with Crippen LogP contribution in [0.2, 0.25) is 0 Å². The second kappa shape index (κ2) is 10.5. The van der Waals surface area contributed by atoms with E-state index in [1.54, 1.807) is 36.0 Å². The zero-order valence-corrected chi connectivity index (χ0v) is 16.5. The first-order chi connectivity index (χ1) is 13.8. The van der Waals surface area contributed by atoms with Crippen molar-refractivity contribution in [2.24, 2.45) is 0 Å². The molecular weight excluding hydrogens is 376 g/mol. The van der Waals surface area contributed by atoms with E-state index in [0.717, 1.165) is 36.5 Å². The predicted octanol–water partition coefficient (Wildman–Crippen LogP) is 4.62. The number of para-hydroxylation sites is 1. The Morgan fingerprint density at radius 1 is 1.04 bits per heavy atom. The first-order valence-corrected chi connectivity index (χ1v) is 10.2. The van der Waals surface area contributed by atoms with Crippen molar-refractivity contribution in [2.75, 3.05) is 19.5 Å².